The van der Waals surface area contributed by atoms with Gasteiger partial charge in [0, 0.05) is 24.9 Å². The van der Waals surface area contributed by atoms with Gasteiger partial charge in [-0.25, -0.2) is 0 Å². The summed E-state index contributed by atoms with van der Waals surface area (Å²) in [7, 11) is 0. The van der Waals surface area contributed by atoms with Gasteiger partial charge in [-0.15, -0.1) is 0 Å². The third kappa shape index (κ3) is 4.11. The Hall–Kier alpha value is -1.38. The first kappa shape index (κ1) is 11.7. The Morgan fingerprint density at radius 2 is 2.13 bits per heavy atom. The first-order valence-corrected chi connectivity index (χ1v) is 5.40. The van der Waals surface area contributed by atoms with E-state index in [4.69, 9.17) is 0 Å². The molecule has 1 N–H and O–H groups in total. The fraction of sp³-hybridized carbons (Fsp3) is 0.500. The third-order valence-electron chi connectivity index (χ3n) is 2.52. The molecule has 0 aromatic carbocycles. The molecular formula is C12H18N2O. The van der Waals surface area contributed by atoms with E-state index < -0.39 is 0 Å². The molecule has 1 atom stereocenters. The van der Waals surface area contributed by atoms with Crippen LogP contribution in [0.15, 0.2) is 24.5 Å². The molecule has 1 heterocycles. The van der Waals surface area contributed by atoms with Crippen LogP contribution in [0.2, 0.25) is 0 Å². The predicted molar refractivity (Wildman–Crippen MR) is 60.4 cm³/mol. The summed E-state index contributed by atoms with van der Waals surface area (Å²) < 4.78 is 0. The summed E-state index contributed by atoms with van der Waals surface area (Å²) in [5.41, 5.74) is 1.20. The Balaban J connectivity index is 2.25. The van der Waals surface area contributed by atoms with Crippen LogP contribution in [-0.4, -0.2) is 17.4 Å². The summed E-state index contributed by atoms with van der Waals surface area (Å²) >= 11 is 0. The zero-order chi connectivity index (χ0) is 11.1. The smallest absolute Gasteiger partial charge is 0.222 e. The first-order chi connectivity index (χ1) is 7.24. The maximum Gasteiger partial charge on any atom is 0.222 e. The van der Waals surface area contributed by atoms with Gasteiger partial charge in [-0.2, -0.15) is 0 Å². The highest BCUT2D eigenvalue weighted by molar-refractivity contribution is 5.78. The second-order valence-corrected chi connectivity index (χ2v) is 3.71. The Morgan fingerprint density at radius 3 is 2.73 bits per heavy atom. The van der Waals surface area contributed by atoms with Crippen molar-refractivity contribution in [2.24, 2.45) is 5.92 Å². The number of hydrogen-bond acceptors (Lipinski definition) is 2. The van der Waals surface area contributed by atoms with Gasteiger partial charge in [-0.3, -0.25) is 9.78 Å². The molecule has 0 spiro atoms. The van der Waals surface area contributed by atoms with E-state index in [0.29, 0.717) is 6.54 Å². The van der Waals surface area contributed by atoms with Crippen LogP contribution in [0, 0.1) is 5.92 Å². The second-order valence-electron chi connectivity index (χ2n) is 3.71. The van der Waals surface area contributed by atoms with Crippen molar-refractivity contribution in [1.82, 2.24) is 10.3 Å². The third-order valence-corrected chi connectivity index (χ3v) is 2.52. The van der Waals surface area contributed by atoms with E-state index in [1.54, 1.807) is 12.4 Å². The molecule has 0 fully saturated rings. The molecule has 0 bridgehead atoms. The SMILES string of the molecule is CCC(C)C(=O)NCCc1ccncc1. The maximum atomic E-state index is 11.4. The zero-order valence-corrected chi connectivity index (χ0v) is 9.36. The van der Waals surface area contributed by atoms with Crippen molar-refractivity contribution in [2.75, 3.05) is 6.54 Å². The quantitative estimate of drug-likeness (QED) is 0.798. The van der Waals surface area contributed by atoms with Crippen LogP contribution in [-0.2, 0) is 11.2 Å². The van der Waals surface area contributed by atoms with Crippen LogP contribution in [0.3, 0.4) is 0 Å². The van der Waals surface area contributed by atoms with Crippen LogP contribution in [0.4, 0.5) is 0 Å². The molecule has 82 valence electrons. The van der Waals surface area contributed by atoms with Gasteiger partial charge in [0.1, 0.15) is 0 Å². The molecule has 15 heavy (non-hydrogen) atoms. The molecule has 1 aromatic rings. The fourth-order valence-electron chi connectivity index (χ4n) is 1.24. The van der Waals surface area contributed by atoms with Gasteiger partial charge in [0.05, 0.1) is 0 Å². The average Bonchev–Trinajstić information content (AvgIpc) is 2.29. The summed E-state index contributed by atoms with van der Waals surface area (Å²) in [5.74, 6) is 0.258. The minimum Gasteiger partial charge on any atom is -0.356 e. The number of aromatic nitrogens is 1. The van der Waals surface area contributed by atoms with Gasteiger partial charge in [0.25, 0.3) is 0 Å². The number of nitrogens with zero attached hydrogens (tertiary/aromatic N) is 1. The highest BCUT2D eigenvalue weighted by Crippen LogP contribution is 2.00. The molecule has 0 radical (unpaired) electrons. The number of pyridine rings is 1. The lowest BCUT2D eigenvalue weighted by Crippen LogP contribution is -2.30. The topological polar surface area (TPSA) is 42.0 Å². The fourth-order valence-corrected chi connectivity index (χ4v) is 1.24. The van der Waals surface area contributed by atoms with Crippen LogP contribution in [0.25, 0.3) is 0 Å². The maximum absolute atomic E-state index is 11.4. The average molecular weight is 206 g/mol. The van der Waals surface area contributed by atoms with Crippen molar-refractivity contribution in [3.63, 3.8) is 0 Å². The Morgan fingerprint density at radius 1 is 1.47 bits per heavy atom. The number of amides is 1. The van der Waals surface area contributed by atoms with Gasteiger partial charge < -0.3 is 5.32 Å². The standard InChI is InChI=1S/C12H18N2O/c1-3-10(2)12(15)14-9-6-11-4-7-13-8-5-11/h4-5,7-8,10H,3,6,9H2,1-2H3,(H,14,15). The van der Waals surface area contributed by atoms with Crippen LogP contribution < -0.4 is 5.32 Å². The molecule has 0 saturated carbocycles. The summed E-state index contributed by atoms with van der Waals surface area (Å²) in [6, 6.07) is 3.94. The number of nitrogens with one attached hydrogen (secondary N) is 1. The number of carbonyl (C=O) groups is 1. The Labute approximate surface area is 90.9 Å². The summed E-state index contributed by atoms with van der Waals surface area (Å²) in [6.07, 6.45) is 5.30. The Bertz CT molecular complexity index is 298. The minimum absolute atomic E-state index is 0.113. The molecule has 0 aliphatic carbocycles. The molecule has 1 amide bonds. The number of carbonyl (C=O) groups excluding carboxylic acids is 1. The summed E-state index contributed by atoms with van der Waals surface area (Å²) in [6.45, 7) is 4.67. The Kier molecular flexibility index (Phi) is 4.81. The van der Waals surface area contributed by atoms with E-state index in [2.05, 4.69) is 10.3 Å². The van der Waals surface area contributed by atoms with Gasteiger partial charge in [-0.1, -0.05) is 13.8 Å². The van der Waals surface area contributed by atoms with Gasteiger partial charge in [-0.05, 0) is 30.5 Å². The van der Waals surface area contributed by atoms with E-state index in [9.17, 15) is 4.79 Å². The molecule has 0 saturated heterocycles. The minimum atomic E-state index is 0.113. The van der Waals surface area contributed by atoms with E-state index >= 15 is 0 Å². The lowest BCUT2D eigenvalue weighted by atomic mass is 10.1. The van der Waals surface area contributed by atoms with Crippen molar-refractivity contribution >= 4 is 5.91 Å². The second kappa shape index (κ2) is 6.17. The zero-order valence-electron chi connectivity index (χ0n) is 9.36. The molecule has 0 aliphatic rings. The molecule has 1 rings (SSSR count). The van der Waals surface area contributed by atoms with Crippen LogP contribution in [0.1, 0.15) is 25.8 Å². The molecule has 3 heteroatoms. The van der Waals surface area contributed by atoms with E-state index in [0.717, 1.165) is 12.8 Å². The molecule has 1 aromatic heterocycles. The number of hydrogen-bond donors (Lipinski definition) is 1. The number of rotatable bonds is 5. The van der Waals surface area contributed by atoms with E-state index in [-0.39, 0.29) is 11.8 Å². The van der Waals surface area contributed by atoms with Crippen molar-refractivity contribution < 1.29 is 4.79 Å². The highest BCUT2D eigenvalue weighted by Gasteiger charge is 2.08. The lowest BCUT2D eigenvalue weighted by molar-refractivity contribution is -0.124. The molecule has 0 aliphatic heterocycles. The highest BCUT2D eigenvalue weighted by atomic mass is 16.1. The van der Waals surface area contributed by atoms with Crippen molar-refractivity contribution in [1.29, 1.82) is 0 Å². The van der Waals surface area contributed by atoms with Crippen molar-refractivity contribution in [3.8, 4) is 0 Å². The first-order valence-electron chi connectivity index (χ1n) is 5.40. The predicted octanol–water partition coefficient (Wildman–Crippen LogP) is 1.79. The van der Waals surface area contributed by atoms with Crippen LogP contribution in [0.5, 0.6) is 0 Å². The normalized spacial score (nSPS) is 12.1. The van der Waals surface area contributed by atoms with E-state index in [1.807, 2.05) is 26.0 Å². The summed E-state index contributed by atoms with van der Waals surface area (Å²) in [5, 5.41) is 2.92. The molecular weight excluding hydrogens is 188 g/mol. The van der Waals surface area contributed by atoms with Crippen molar-refractivity contribution in [3.05, 3.63) is 30.1 Å². The lowest BCUT2D eigenvalue weighted by Gasteiger charge is -2.09. The van der Waals surface area contributed by atoms with Gasteiger partial charge >= 0.3 is 0 Å². The largest absolute Gasteiger partial charge is 0.356 e. The van der Waals surface area contributed by atoms with Gasteiger partial charge in [0.15, 0.2) is 0 Å². The molecule has 3 nitrogen and oxygen atoms in total. The molecule has 1 unspecified atom stereocenters. The van der Waals surface area contributed by atoms with Crippen molar-refractivity contribution in [2.45, 2.75) is 26.7 Å². The van der Waals surface area contributed by atoms with Gasteiger partial charge in [0.2, 0.25) is 5.91 Å². The van der Waals surface area contributed by atoms with Crippen LogP contribution >= 0.6 is 0 Å². The van der Waals surface area contributed by atoms with E-state index in [1.165, 1.54) is 5.56 Å². The monoisotopic (exact) mass is 206 g/mol. The summed E-state index contributed by atoms with van der Waals surface area (Å²) in [4.78, 5) is 15.4.